The van der Waals surface area contributed by atoms with Crippen LogP contribution >= 0.6 is 0 Å². The molecule has 5 nitrogen and oxygen atoms in total. The van der Waals surface area contributed by atoms with Crippen molar-refractivity contribution in [2.24, 2.45) is 0 Å². The topological polar surface area (TPSA) is 65.4 Å². The number of nitrogens with two attached hydrogens (primary N) is 1. The van der Waals surface area contributed by atoms with Crippen molar-refractivity contribution in [1.82, 2.24) is 14.4 Å². The fraction of sp³-hybridized carbons (Fsp3) is 0.455. The van der Waals surface area contributed by atoms with Gasteiger partial charge in [-0.1, -0.05) is 19.8 Å². The summed E-state index contributed by atoms with van der Waals surface area (Å²) in [6, 6.07) is 0. The highest BCUT2D eigenvalue weighted by Gasteiger charge is 2.06. The zero-order valence-electron chi connectivity index (χ0n) is 9.39. The highest BCUT2D eigenvalue weighted by Crippen LogP contribution is 2.17. The van der Waals surface area contributed by atoms with Gasteiger partial charge in [-0.25, -0.2) is 4.98 Å². The van der Waals surface area contributed by atoms with Crippen LogP contribution in [0, 0.1) is 0 Å². The normalized spacial score (nSPS) is 10.8. The summed E-state index contributed by atoms with van der Waals surface area (Å²) in [6.07, 6.45) is 8.61. The van der Waals surface area contributed by atoms with Crippen molar-refractivity contribution < 1.29 is 4.74 Å². The van der Waals surface area contributed by atoms with E-state index >= 15 is 0 Å². The molecule has 0 unspecified atom stereocenters. The Bertz CT molecular complexity index is 466. The van der Waals surface area contributed by atoms with Crippen LogP contribution in [0.3, 0.4) is 0 Å². The molecule has 86 valence electrons. The molecule has 0 aliphatic carbocycles. The van der Waals surface area contributed by atoms with Gasteiger partial charge in [-0.2, -0.15) is 4.98 Å². The van der Waals surface area contributed by atoms with Crippen LogP contribution in [0.4, 0.5) is 5.82 Å². The lowest BCUT2D eigenvalue weighted by atomic mass is 10.3. The maximum absolute atomic E-state index is 5.67. The average molecular weight is 220 g/mol. The molecule has 0 aromatic carbocycles. The van der Waals surface area contributed by atoms with Gasteiger partial charge in [0, 0.05) is 12.4 Å². The Balaban J connectivity index is 2.12. The highest BCUT2D eigenvalue weighted by molar-refractivity contribution is 5.52. The van der Waals surface area contributed by atoms with E-state index < -0.39 is 0 Å². The van der Waals surface area contributed by atoms with Crippen molar-refractivity contribution >= 4 is 11.5 Å². The first-order chi connectivity index (χ1) is 7.81. The summed E-state index contributed by atoms with van der Waals surface area (Å²) in [5.74, 6) is 0.956. The molecule has 0 aliphatic heterocycles. The Labute approximate surface area is 94.3 Å². The predicted molar refractivity (Wildman–Crippen MR) is 62.4 cm³/mol. The van der Waals surface area contributed by atoms with Crippen molar-refractivity contribution in [3.05, 3.63) is 18.6 Å². The first-order valence-electron chi connectivity index (χ1n) is 5.53. The lowest BCUT2D eigenvalue weighted by Crippen LogP contribution is -2.03. The number of rotatable bonds is 5. The number of fused-ring (bicyclic) bond motifs is 1. The molecule has 5 heteroatoms. The third kappa shape index (κ3) is 2.24. The number of aromatic nitrogens is 3. The van der Waals surface area contributed by atoms with Crippen molar-refractivity contribution in [1.29, 1.82) is 0 Å². The van der Waals surface area contributed by atoms with Crippen LogP contribution in [-0.2, 0) is 0 Å². The van der Waals surface area contributed by atoms with Gasteiger partial charge in [0.15, 0.2) is 0 Å². The summed E-state index contributed by atoms with van der Waals surface area (Å²) in [4.78, 5) is 8.32. The number of nitrogen functional groups attached to an aromatic ring is 1. The Morgan fingerprint density at radius 2 is 2.31 bits per heavy atom. The maximum Gasteiger partial charge on any atom is 0.260 e. The van der Waals surface area contributed by atoms with Gasteiger partial charge in [0.05, 0.1) is 12.8 Å². The SMILES string of the molecule is CCCCCOc1nc(N)cn2ccnc12. The maximum atomic E-state index is 5.67. The summed E-state index contributed by atoms with van der Waals surface area (Å²) in [5, 5.41) is 0. The molecule has 0 fully saturated rings. The lowest BCUT2D eigenvalue weighted by molar-refractivity contribution is 0.297. The Morgan fingerprint density at radius 1 is 1.44 bits per heavy atom. The van der Waals surface area contributed by atoms with Gasteiger partial charge < -0.3 is 10.5 Å². The van der Waals surface area contributed by atoms with Crippen molar-refractivity contribution in [2.45, 2.75) is 26.2 Å². The molecule has 2 aromatic heterocycles. The third-order valence-corrected chi connectivity index (χ3v) is 2.35. The summed E-state index contributed by atoms with van der Waals surface area (Å²) >= 11 is 0. The van der Waals surface area contributed by atoms with E-state index in [-0.39, 0.29) is 0 Å². The van der Waals surface area contributed by atoms with Crippen LogP contribution in [0.15, 0.2) is 18.6 Å². The predicted octanol–water partition coefficient (Wildman–Crippen LogP) is 1.88. The van der Waals surface area contributed by atoms with Gasteiger partial charge in [0.1, 0.15) is 5.82 Å². The van der Waals surface area contributed by atoms with E-state index in [0.717, 1.165) is 12.8 Å². The number of nitrogens with zero attached hydrogens (tertiary/aromatic N) is 3. The number of anilines is 1. The van der Waals surface area contributed by atoms with Crippen LogP contribution < -0.4 is 10.5 Å². The average Bonchev–Trinajstić information content (AvgIpc) is 2.72. The summed E-state index contributed by atoms with van der Waals surface area (Å²) in [6.45, 7) is 2.82. The van der Waals surface area contributed by atoms with E-state index in [1.165, 1.54) is 6.42 Å². The molecule has 0 atom stereocenters. The van der Waals surface area contributed by atoms with Crippen LogP contribution in [-0.4, -0.2) is 21.0 Å². The van der Waals surface area contributed by atoms with E-state index in [9.17, 15) is 0 Å². The first-order valence-corrected chi connectivity index (χ1v) is 5.53. The van der Waals surface area contributed by atoms with E-state index in [1.54, 1.807) is 12.4 Å². The second-order valence-electron chi connectivity index (χ2n) is 3.68. The van der Waals surface area contributed by atoms with Crippen LogP contribution in [0.2, 0.25) is 0 Å². The number of hydrogen-bond donors (Lipinski definition) is 1. The minimum absolute atomic E-state index is 0.441. The Kier molecular flexibility index (Phi) is 3.24. The molecule has 2 N–H and O–H groups in total. The number of unbranched alkanes of at least 4 members (excludes halogenated alkanes) is 2. The third-order valence-electron chi connectivity index (χ3n) is 2.35. The molecular formula is C11H16N4O. The van der Waals surface area contributed by atoms with Gasteiger partial charge >= 0.3 is 0 Å². The standard InChI is InChI=1S/C11H16N4O/c1-2-3-4-7-16-11-10-13-5-6-15(10)8-9(12)14-11/h5-6,8H,2-4,7,12H2,1H3. The second-order valence-corrected chi connectivity index (χ2v) is 3.68. The van der Waals surface area contributed by atoms with Crippen molar-refractivity contribution in [2.75, 3.05) is 12.3 Å². The quantitative estimate of drug-likeness (QED) is 0.781. The molecular weight excluding hydrogens is 204 g/mol. The van der Waals surface area contributed by atoms with Crippen molar-refractivity contribution in [3.8, 4) is 5.88 Å². The zero-order valence-corrected chi connectivity index (χ0v) is 9.39. The fourth-order valence-corrected chi connectivity index (χ4v) is 1.54. The monoisotopic (exact) mass is 220 g/mol. The van der Waals surface area contributed by atoms with Crippen LogP contribution in [0.25, 0.3) is 5.65 Å². The molecule has 0 aliphatic rings. The molecule has 16 heavy (non-hydrogen) atoms. The molecule has 0 spiro atoms. The largest absolute Gasteiger partial charge is 0.475 e. The van der Waals surface area contributed by atoms with E-state index in [4.69, 9.17) is 10.5 Å². The Morgan fingerprint density at radius 3 is 3.12 bits per heavy atom. The zero-order chi connectivity index (χ0) is 11.4. The molecule has 0 bridgehead atoms. The molecule has 2 heterocycles. The molecule has 0 saturated heterocycles. The molecule has 2 aromatic rings. The van der Waals surface area contributed by atoms with Gasteiger partial charge in [-0.15, -0.1) is 0 Å². The molecule has 0 saturated carbocycles. The van der Waals surface area contributed by atoms with Gasteiger partial charge in [0.25, 0.3) is 5.88 Å². The number of ether oxygens (including phenoxy) is 1. The molecule has 0 radical (unpaired) electrons. The minimum atomic E-state index is 0.441. The number of imidazole rings is 1. The van der Waals surface area contributed by atoms with Crippen molar-refractivity contribution in [3.63, 3.8) is 0 Å². The summed E-state index contributed by atoms with van der Waals surface area (Å²) < 4.78 is 7.40. The fourth-order valence-electron chi connectivity index (χ4n) is 1.54. The van der Waals surface area contributed by atoms with Crippen LogP contribution in [0.5, 0.6) is 5.88 Å². The van der Waals surface area contributed by atoms with Crippen LogP contribution in [0.1, 0.15) is 26.2 Å². The number of hydrogen-bond acceptors (Lipinski definition) is 4. The van der Waals surface area contributed by atoms with E-state index in [0.29, 0.717) is 24.0 Å². The molecule has 0 amide bonds. The second kappa shape index (κ2) is 4.83. The van der Waals surface area contributed by atoms with Gasteiger partial charge in [-0.05, 0) is 6.42 Å². The molecule has 2 rings (SSSR count). The summed E-state index contributed by atoms with van der Waals surface area (Å²) in [5.41, 5.74) is 6.39. The lowest BCUT2D eigenvalue weighted by Gasteiger charge is -2.06. The van der Waals surface area contributed by atoms with E-state index in [2.05, 4.69) is 16.9 Å². The highest BCUT2D eigenvalue weighted by atomic mass is 16.5. The van der Waals surface area contributed by atoms with Gasteiger partial charge in [0.2, 0.25) is 5.65 Å². The smallest absolute Gasteiger partial charge is 0.260 e. The Hall–Kier alpha value is -1.78. The summed E-state index contributed by atoms with van der Waals surface area (Å²) in [7, 11) is 0. The van der Waals surface area contributed by atoms with E-state index in [1.807, 2.05) is 10.6 Å². The first kappa shape index (κ1) is 10.7. The minimum Gasteiger partial charge on any atom is -0.475 e. The van der Waals surface area contributed by atoms with Gasteiger partial charge in [-0.3, -0.25) is 4.40 Å².